The van der Waals surface area contributed by atoms with Crippen molar-refractivity contribution in [3.05, 3.63) is 47.0 Å². The van der Waals surface area contributed by atoms with E-state index in [1.54, 1.807) is 24.1 Å². The van der Waals surface area contributed by atoms with Crippen LogP contribution in [0.4, 0.5) is 28.8 Å². The number of hydrogen-bond donors (Lipinski definition) is 1. The molecule has 2 heterocycles. The number of urea groups is 1. The van der Waals surface area contributed by atoms with Crippen LogP contribution in [0, 0.1) is 0 Å². The number of methoxy groups -OCH3 is 1. The molecule has 1 saturated heterocycles. The van der Waals surface area contributed by atoms with Gasteiger partial charge in [-0.15, -0.1) is 0 Å². The van der Waals surface area contributed by atoms with E-state index in [2.05, 4.69) is 15.2 Å². The first-order valence-electron chi connectivity index (χ1n) is 9.37. The first-order valence-corrected chi connectivity index (χ1v) is 10.6. The van der Waals surface area contributed by atoms with Crippen molar-refractivity contribution in [2.75, 3.05) is 43.5 Å². The first-order chi connectivity index (χ1) is 14.8. The molecular weight excluding hydrogens is 453 g/mol. The second-order valence-electron chi connectivity index (χ2n) is 6.91. The van der Waals surface area contributed by atoms with Gasteiger partial charge in [0.1, 0.15) is 11.3 Å². The predicted octanol–water partition coefficient (Wildman–Crippen LogP) is 5.33. The molecule has 11 heteroatoms. The summed E-state index contributed by atoms with van der Waals surface area (Å²) in [6.45, 7) is 1.89. The largest absolute Gasteiger partial charge is 0.494 e. The van der Waals surface area contributed by atoms with Gasteiger partial charge >= 0.3 is 12.2 Å². The molecule has 0 unspecified atom stereocenters. The highest BCUT2D eigenvalue weighted by molar-refractivity contribution is 7.22. The Morgan fingerprint density at radius 2 is 1.94 bits per heavy atom. The molecule has 2 amide bonds. The lowest BCUT2D eigenvalue weighted by Crippen LogP contribution is -2.50. The van der Waals surface area contributed by atoms with E-state index in [9.17, 15) is 18.0 Å². The van der Waals surface area contributed by atoms with Gasteiger partial charge in [0.25, 0.3) is 0 Å². The number of amides is 2. The van der Waals surface area contributed by atoms with E-state index in [0.29, 0.717) is 42.5 Å². The van der Waals surface area contributed by atoms with E-state index in [0.717, 1.165) is 22.0 Å². The van der Waals surface area contributed by atoms with Crippen molar-refractivity contribution in [1.82, 2.24) is 9.88 Å². The number of nitrogens with one attached hydrogen (secondary N) is 1. The van der Waals surface area contributed by atoms with Crippen LogP contribution in [0.15, 0.2) is 36.4 Å². The summed E-state index contributed by atoms with van der Waals surface area (Å²) in [6.07, 6.45) is -4.46. The molecule has 1 aliphatic rings. The van der Waals surface area contributed by atoms with Crippen LogP contribution in [0.1, 0.15) is 5.56 Å². The van der Waals surface area contributed by atoms with Gasteiger partial charge in [-0.2, -0.15) is 13.2 Å². The lowest BCUT2D eigenvalue weighted by molar-refractivity contribution is -0.137. The highest BCUT2D eigenvalue weighted by Gasteiger charge is 2.31. The Balaban J connectivity index is 1.41. The molecule has 164 valence electrons. The number of thiazole rings is 1. The molecule has 4 rings (SSSR count). The average Bonchev–Trinajstić information content (AvgIpc) is 3.20. The molecule has 2 aromatic carbocycles. The second kappa shape index (κ2) is 8.43. The number of aromatic nitrogens is 1. The van der Waals surface area contributed by atoms with Crippen molar-refractivity contribution in [1.29, 1.82) is 0 Å². The number of fused-ring (bicyclic) bond motifs is 1. The molecule has 0 bridgehead atoms. The minimum atomic E-state index is -4.46. The number of hydrogen-bond acceptors (Lipinski definition) is 5. The fraction of sp³-hybridized carbons (Fsp3) is 0.300. The van der Waals surface area contributed by atoms with E-state index in [-0.39, 0.29) is 5.69 Å². The Hall–Kier alpha value is -2.72. The van der Waals surface area contributed by atoms with Crippen LogP contribution in [0.3, 0.4) is 0 Å². The molecule has 1 N–H and O–H groups in total. The highest BCUT2D eigenvalue weighted by Crippen LogP contribution is 2.39. The monoisotopic (exact) mass is 470 g/mol. The average molecular weight is 471 g/mol. The molecular formula is C20H18ClF3N4O2S. The number of anilines is 2. The van der Waals surface area contributed by atoms with Crippen LogP contribution in [-0.4, -0.2) is 49.2 Å². The minimum Gasteiger partial charge on any atom is -0.494 e. The van der Waals surface area contributed by atoms with Crippen molar-refractivity contribution in [3.63, 3.8) is 0 Å². The lowest BCUT2D eigenvalue weighted by Gasteiger charge is -2.34. The Morgan fingerprint density at radius 3 is 2.61 bits per heavy atom. The summed E-state index contributed by atoms with van der Waals surface area (Å²) >= 11 is 7.74. The van der Waals surface area contributed by atoms with Crippen molar-refractivity contribution in [2.45, 2.75) is 6.18 Å². The third-order valence-electron chi connectivity index (χ3n) is 4.95. The van der Waals surface area contributed by atoms with Gasteiger partial charge in [0.15, 0.2) is 5.13 Å². The first kappa shape index (κ1) is 21.5. The van der Waals surface area contributed by atoms with Gasteiger partial charge < -0.3 is 19.9 Å². The molecule has 1 fully saturated rings. The maximum atomic E-state index is 12.9. The summed E-state index contributed by atoms with van der Waals surface area (Å²) in [5, 5.41) is 3.92. The third kappa shape index (κ3) is 4.49. The number of alkyl halides is 3. The Labute approximate surface area is 185 Å². The Bertz CT molecular complexity index is 1110. The molecule has 0 spiro atoms. The normalized spacial score (nSPS) is 14.7. The molecule has 0 radical (unpaired) electrons. The Kier molecular flexibility index (Phi) is 5.85. The summed E-state index contributed by atoms with van der Waals surface area (Å²) in [7, 11) is 1.57. The number of nitrogens with zero attached hydrogens (tertiary/aromatic N) is 3. The van der Waals surface area contributed by atoms with Crippen LogP contribution in [0.5, 0.6) is 5.75 Å². The molecule has 3 aromatic rings. The zero-order valence-corrected chi connectivity index (χ0v) is 17.9. The smallest absolute Gasteiger partial charge is 0.416 e. The highest BCUT2D eigenvalue weighted by atomic mass is 35.5. The zero-order valence-electron chi connectivity index (χ0n) is 16.4. The fourth-order valence-electron chi connectivity index (χ4n) is 3.32. The number of piperazine rings is 1. The number of ether oxygens (including phenoxy) is 1. The van der Waals surface area contributed by atoms with Gasteiger partial charge in [-0.3, -0.25) is 0 Å². The summed E-state index contributed by atoms with van der Waals surface area (Å²) in [5.41, 5.74) is -0.00470. The van der Waals surface area contributed by atoms with E-state index >= 15 is 0 Å². The van der Waals surface area contributed by atoms with E-state index in [1.807, 2.05) is 0 Å². The standard InChI is InChI=1S/C20H18ClF3N4O2S/c1-30-15-6-5-14(21)17-16(15)26-19(31-17)28-9-7-27(8-10-28)18(29)25-13-4-2-3-12(11-13)20(22,23)24/h2-6,11H,7-10H2,1H3,(H,25,29). The maximum absolute atomic E-state index is 12.9. The fourth-order valence-corrected chi connectivity index (χ4v) is 4.63. The number of carbonyl (C=O) groups excluding carboxylic acids is 1. The number of carbonyl (C=O) groups is 1. The van der Waals surface area contributed by atoms with Crippen LogP contribution >= 0.6 is 22.9 Å². The zero-order chi connectivity index (χ0) is 22.2. The number of halogens is 4. The van der Waals surface area contributed by atoms with E-state index in [4.69, 9.17) is 16.3 Å². The van der Waals surface area contributed by atoms with Crippen molar-refractivity contribution >= 4 is 50.0 Å². The maximum Gasteiger partial charge on any atom is 0.416 e. The molecule has 31 heavy (non-hydrogen) atoms. The lowest BCUT2D eigenvalue weighted by atomic mass is 10.2. The van der Waals surface area contributed by atoms with Gasteiger partial charge in [-0.05, 0) is 30.3 Å². The summed E-state index contributed by atoms with van der Waals surface area (Å²) in [6, 6.07) is 7.68. The van der Waals surface area contributed by atoms with Gasteiger partial charge in [0.2, 0.25) is 0 Å². The minimum absolute atomic E-state index is 0.107. The topological polar surface area (TPSA) is 57.7 Å². The van der Waals surface area contributed by atoms with Gasteiger partial charge in [-0.25, -0.2) is 9.78 Å². The number of rotatable bonds is 3. The third-order valence-corrected chi connectivity index (χ3v) is 6.52. The van der Waals surface area contributed by atoms with Crippen molar-refractivity contribution < 1.29 is 22.7 Å². The van der Waals surface area contributed by atoms with Crippen LogP contribution in [-0.2, 0) is 6.18 Å². The molecule has 1 aliphatic heterocycles. The number of benzene rings is 2. The van der Waals surface area contributed by atoms with Crippen LogP contribution < -0.4 is 15.0 Å². The molecule has 0 saturated carbocycles. The summed E-state index contributed by atoms with van der Waals surface area (Å²) in [5.74, 6) is 0.640. The quantitative estimate of drug-likeness (QED) is 0.562. The molecule has 1 aromatic heterocycles. The van der Waals surface area contributed by atoms with Crippen molar-refractivity contribution in [3.8, 4) is 5.75 Å². The Morgan fingerprint density at radius 1 is 1.19 bits per heavy atom. The SMILES string of the molecule is COc1ccc(Cl)c2sc(N3CCN(C(=O)Nc4cccc(C(F)(F)F)c4)CC3)nc12. The van der Waals surface area contributed by atoms with Gasteiger partial charge in [0, 0.05) is 31.9 Å². The van der Waals surface area contributed by atoms with Crippen molar-refractivity contribution in [2.24, 2.45) is 0 Å². The summed E-state index contributed by atoms with van der Waals surface area (Å²) in [4.78, 5) is 20.8. The van der Waals surface area contributed by atoms with Crippen LogP contribution in [0.2, 0.25) is 5.02 Å². The second-order valence-corrected chi connectivity index (χ2v) is 8.29. The predicted molar refractivity (Wildman–Crippen MR) is 115 cm³/mol. The van der Waals surface area contributed by atoms with Gasteiger partial charge in [0.05, 0.1) is 22.4 Å². The van der Waals surface area contributed by atoms with E-state index in [1.165, 1.54) is 23.5 Å². The summed E-state index contributed by atoms with van der Waals surface area (Å²) < 4.78 is 44.8. The van der Waals surface area contributed by atoms with E-state index < -0.39 is 17.8 Å². The molecule has 0 aliphatic carbocycles. The van der Waals surface area contributed by atoms with Crippen LogP contribution in [0.25, 0.3) is 10.2 Å². The van der Waals surface area contributed by atoms with Gasteiger partial charge in [-0.1, -0.05) is 29.0 Å². The molecule has 6 nitrogen and oxygen atoms in total. The molecule has 0 atom stereocenters.